The Balaban J connectivity index is 1.72. The van der Waals surface area contributed by atoms with Crippen molar-refractivity contribution in [1.29, 1.82) is 0 Å². The van der Waals surface area contributed by atoms with Crippen molar-refractivity contribution >= 4 is 11.8 Å². The molecule has 1 aromatic heterocycles. The molecule has 0 atom stereocenters. The topological polar surface area (TPSA) is 49.2 Å². The highest BCUT2D eigenvalue weighted by Gasteiger charge is 2.16. The zero-order valence-electron chi connectivity index (χ0n) is 15.0. The molecule has 3 aromatic rings. The highest BCUT2D eigenvalue weighted by molar-refractivity contribution is 7.99. The van der Waals surface area contributed by atoms with Gasteiger partial charge in [-0.1, -0.05) is 42.1 Å². The first-order chi connectivity index (χ1) is 13.2. The normalized spacial score (nSPS) is 10.6. The Morgan fingerprint density at radius 3 is 2.59 bits per heavy atom. The molecule has 0 aliphatic rings. The summed E-state index contributed by atoms with van der Waals surface area (Å²) >= 11 is 1.49. The van der Waals surface area contributed by atoms with Crippen LogP contribution in [0.1, 0.15) is 0 Å². The van der Waals surface area contributed by atoms with Crippen molar-refractivity contribution in [2.75, 3.05) is 19.5 Å². The van der Waals surface area contributed by atoms with Crippen LogP contribution in [0.15, 0.2) is 66.3 Å². The maximum atomic E-state index is 13.6. The quantitative estimate of drug-likeness (QED) is 0.309. The molecule has 0 aliphatic carbocycles. The summed E-state index contributed by atoms with van der Waals surface area (Å²) in [6, 6.07) is 14.0. The predicted molar refractivity (Wildman–Crippen MR) is 105 cm³/mol. The van der Waals surface area contributed by atoms with Gasteiger partial charge in [0.25, 0.3) is 0 Å². The van der Waals surface area contributed by atoms with Gasteiger partial charge in [-0.15, -0.1) is 16.8 Å². The van der Waals surface area contributed by atoms with E-state index in [4.69, 9.17) is 9.47 Å². The van der Waals surface area contributed by atoms with Crippen molar-refractivity contribution in [1.82, 2.24) is 14.8 Å². The summed E-state index contributed by atoms with van der Waals surface area (Å²) < 4.78 is 26.5. The molecule has 0 unspecified atom stereocenters. The summed E-state index contributed by atoms with van der Waals surface area (Å²) in [5.41, 5.74) is 0.865. The van der Waals surface area contributed by atoms with Crippen molar-refractivity contribution in [2.24, 2.45) is 0 Å². The van der Waals surface area contributed by atoms with Crippen LogP contribution in [0, 0.1) is 5.82 Å². The molecule has 0 N–H and O–H groups in total. The fourth-order valence-corrected chi connectivity index (χ4v) is 3.33. The molecule has 0 spiro atoms. The Morgan fingerprint density at radius 1 is 1.11 bits per heavy atom. The van der Waals surface area contributed by atoms with Crippen LogP contribution in [-0.2, 0) is 6.54 Å². The lowest BCUT2D eigenvalue weighted by molar-refractivity contribution is 0.325. The van der Waals surface area contributed by atoms with Crippen LogP contribution < -0.4 is 9.47 Å². The Bertz CT molecular complexity index is 914. The lowest BCUT2D eigenvalue weighted by atomic mass is 10.2. The molecule has 0 amide bonds. The minimum absolute atomic E-state index is 0.250. The van der Waals surface area contributed by atoms with E-state index in [1.54, 1.807) is 31.4 Å². The third-order valence-corrected chi connectivity index (χ3v) is 4.72. The first kappa shape index (κ1) is 19.0. The zero-order valence-corrected chi connectivity index (χ0v) is 15.8. The summed E-state index contributed by atoms with van der Waals surface area (Å²) in [7, 11) is 1.63. The van der Waals surface area contributed by atoms with Crippen LogP contribution >= 0.6 is 11.8 Å². The number of allylic oxidation sites excluding steroid dienone is 1. The van der Waals surface area contributed by atoms with Gasteiger partial charge in [0, 0.05) is 12.3 Å². The zero-order chi connectivity index (χ0) is 19.1. The number of benzene rings is 2. The van der Waals surface area contributed by atoms with E-state index >= 15 is 0 Å². The van der Waals surface area contributed by atoms with Crippen molar-refractivity contribution in [3.8, 4) is 22.9 Å². The standard InChI is InChI=1S/C20H20FN3O2S/c1-3-12-24-19(15-8-4-6-10-17(15)25-2)22-23-20(24)27-14-13-26-18-11-7-5-9-16(18)21/h3-11H,1,12-14H2,2H3. The maximum absolute atomic E-state index is 13.6. The first-order valence-corrected chi connectivity index (χ1v) is 9.40. The summed E-state index contributed by atoms with van der Waals surface area (Å²) in [5, 5.41) is 9.36. The van der Waals surface area contributed by atoms with E-state index in [2.05, 4.69) is 16.8 Å². The molecule has 7 heteroatoms. The molecular weight excluding hydrogens is 365 g/mol. The second-order valence-corrected chi connectivity index (χ2v) is 6.60. The Labute approximate surface area is 161 Å². The number of thioether (sulfide) groups is 1. The molecule has 27 heavy (non-hydrogen) atoms. The first-order valence-electron chi connectivity index (χ1n) is 8.42. The fraction of sp³-hybridized carbons (Fsp3) is 0.200. The minimum atomic E-state index is -0.365. The van der Waals surface area contributed by atoms with E-state index in [0.717, 1.165) is 16.5 Å². The molecule has 1 heterocycles. The van der Waals surface area contributed by atoms with Crippen LogP contribution in [0.2, 0.25) is 0 Å². The highest BCUT2D eigenvalue weighted by atomic mass is 32.2. The van der Waals surface area contributed by atoms with Gasteiger partial charge in [0.2, 0.25) is 0 Å². The number of hydrogen-bond donors (Lipinski definition) is 0. The summed E-state index contributed by atoms with van der Waals surface area (Å²) in [4.78, 5) is 0. The molecular formula is C20H20FN3O2S. The molecule has 3 rings (SSSR count). The number of methoxy groups -OCH3 is 1. The Kier molecular flexibility index (Phi) is 6.49. The SMILES string of the molecule is C=CCn1c(SCCOc2ccccc2F)nnc1-c1ccccc1OC. The van der Waals surface area contributed by atoms with Gasteiger partial charge in [-0.05, 0) is 24.3 Å². The third kappa shape index (κ3) is 4.49. The highest BCUT2D eigenvalue weighted by Crippen LogP contribution is 2.30. The van der Waals surface area contributed by atoms with Gasteiger partial charge in [0.1, 0.15) is 5.75 Å². The number of rotatable bonds is 9. The van der Waals surface area contributed by atoms with Crippen molar-refractivity contribution < 1.29 is 13.9 Å². The van der Waals surface area contributed by atoms with Crippen molar-refractivity contribution in [3.63, 3.8) is 0 Å². The van der Waals surface area contributed by atoms with Crippen LogP contribution in [0.5, 0.6) is 11.5 Å². The molecule has 0 fully saturated rings. The molecule has 0 radical (unpaired) electrons. The maximum Gasteiger partial charge on any atom is 0.191 e. The van der Waals surface area contributed by atoms with Gasteiger partial charge >= 0.3 is 0 Å². The largest absolute Gasteiger partial charge is 0.496 e. The number of halogens is 1. The van der Waals surface area contributed by atoms with E-state index in [-0.39, 0.29) is 11.6 Å². The third-order valence-electron chi connectivity index (χ3n) is 3.79. The molecule has 0 aliphatic heterocycles. The lowest BCUT2D eigenvalue weighted by Crippen LogP contribution is -2.05. The summed E-state index contributed by atoms with van der Waals surface area (Å²) in [6.45, 7) is 4.74. The summed E-state index contributed by atoms with van der Waals surface area (Å²) in [5.74, 6) is 1.94. The van der Waals surface area contributed by atoms with E-state index in [9.17, 15) is 4.39 Å². The number of aromatic nitrogens is 3. The van der Waals surface area contributed by atoms with E-state index in [1.165, 1.54) is 17.8 Å². The predicted octanol–water partition coefficient (Wildman–Crippen LogP) is 4.45. The number of nitrogens with zero attached hydrogens (tertiary/aromatic N) is 3. The van der Waals surface area contributed by atoms with Crippen molar-refractivity contribution in [2.45, 2.75) is 11.7 Å². The van der Waals surface area contributed by atoms with E-state index in [0.29, 0.717) is 24.7 Å². The second-order valence-electron chi connectivity index (χ2n) is 5.53. The molecule has 140 valence electrons. The minimum Gasteiger partial charge on any atom is -0.496 e. The van der Waals surface area contributed by atoms with Gasteiger partial charge in [0.15, 0.2) is 22.5 Å². The van der Waals surface area contributed by atoms with Gasteiger partial charge in [-0.2, -0.15) is 0 Å². The smallest absolute Gasteiger partial charge is 0.191 e. The molecule has 5 nitrogen and oxygen atoms in total. The van der Waals surface area contributed by atoms with Crippen LogP contribution in [0.3, 0.4) is 0 Å². The Hall–Kier alpha value is -2.80. The summed E-state index contributed by atoms with van der Waals surface area (Å²) in [6.07, 6.45) is 1.79. The van der Waals surface area contributed by atoms with Gasteiger partial charge in [-0.3, -0.25) is 4.57 Å². The molecule has 0 bridgehead atoms. The van der Waals surface area contributed by atoms with Gasteiger partial charge in [0.05, 0.1) is 19.3 Å². The second kappa shape index (κ2) is 9.23. The average Bonchev–Trinajstić information content (AvgIpc) is 3.09. The van der Waals surface area contributed by atoms with Crippen LogP contribution in [-0.4, -0.2) is 34.2 Å². The Morgan fingerprint density at radius 2 is 1.85 bits per heavy atom. The van der Waals surface area contributed by atoms with E-state index in [1.807, 2.05) is 28.8 Å². The van der Waals surface area contributed by atoms with Crippen molar-refractivity contribution in [3.05, 3.63) is 67.0 Å². The number of ether oxygens (including phenoxy) is 2. The van der Waals surface area contributed by atoms with Crippen LogP contribution in [0.4, 0.5) is 4.39 Å². The van der Waals surface area contributed by atoms with Gasteiger partial charge in [-0.25, -0.2) is 4.39 Å². The van der Waals surface area contributed by atoms with E-state index < -0.39 is 0 Å². The van der Waals surface area contributed by atoms with Crippen LogP contribution in [0.25, 0.3) is 11.4 Å². The molecule has 0 saturated carbocycles. The fourth-order valence-electron chi connectivity index (χ4n) is 2.56. The van der Waals surface area contributed by atoms with Gasteiger partial charge < -0.3 is 9.47 Å². The lowest BCUT2D eigenvalue weighted by Gasteiger charge is -2.11. The number of para-hydroxylation sites is 2. The monoisotopic (exact) mass is 385 g/mol. The molecule has 2 aromatic carbocycles. The number of hydrogen-bond acceptors (Lipinski definition) is 5. The molecule has 0 saturated heterocycles. The average molecular weight is 385 g/mol.